The second-order valence-corrected chi connectivity index (χ2v) is 7.79. The highest BCUT2D eigenvalue weighted by molar-refractivity contribution is 7.98. The first kappa shape index (κ1) is 19.2. The summed E-state index contributed by atoms with van der Waals surface area (Å²) in [6, 6.07) is 19.3. The molecule has 29 heavy (non-hydrogen) atoms. The van der Waals surface area contributed by atoms with Crippen LogP contribution in [0.4, 0.5) is 0 Å². The lowest BCUT2D eigenvalue weighted by atomic mass is 10.2. The zero-order valence-electron chi connectivity index (χ0n) is 15.6. The SMILES string of the molecule is Cc1ccc(Cl)cc1-n1c(SCc2ccc(C#N)cc2)nnc1-c1cccnc1. The van der Waals surface area contributed by atoms with E-state index in [1.807, 2.05) is 66.1 Å². The molecule has 0 N–H and O–H groups in total. The molecule has 0 spiro atoms. The van der Waals surface area contributed by atoms with Crippen LogP contribution in [-0.2, 0) is 5.75 Å². The Balaban J connectivity index is 1.74. The van der Waals surface area contributed by atoms with E-state index in [2.05, 4.69) is 21.3 Å². The molecule has 0 aliphatic rings. The third-order valence-electron chi connectivity index (χ3n) is 4.42. The Morgan fingerprint density at radius 3 is 2.66 bits per heavy atom. The van der Waals surface area contributed by atoms with Gasteiger partial charge in [0, 0.05) is 28.7 Å². The fraction of sp³-hybridized carbons (Fsp3) is 0.0909. The predicted octanol–water partition coefficient (Wildman–Crippen LogP) is 5.46. The summed E-state index contributed by atoms with van der Waals surface area (Å²) in [7, 11) is 0. The summed E-state index contributed by atoms with van der Waals surface area (Å²) in [5.41, 5.74) is 4.64. The summed E-state index contributed by atoms with van der Waals surface area (Å²) in [5, 5.41) is 19.3. The Kier molecular flexibility index (Phi) is 5.61. The number of hydrogen-bond acceptors (Lipinski definition) is 5. The van der Waals surface area contributed by atoms with Gasteiger partial charge in [-0.25, -0.2) is 0 Å². The summed E-state index contributed by atoms with van der Waals surface area (Å²) >= 11 is 7.87. The maximum atomic E-state index is 8.97. The Bertz CT molecular complexity index is 1180. The molecule has 2 aromatic carbocycles. The van der Waals surface area contributed by atoms with Crippen molar-refractivity contribution in [1.82, 2.24) is 19.7 Å². The highest BCUT2D eigenvalue weighted by Crippen LogP contribution is 2.32. The number of aryl methyl sites for hydroxylation is 1. The lowest BCUT2D eigenvalue weighted by Crippen LogP contribution is -2.02. The van der Waals surface area contributed by atoms with Gasteiger partial charge in [0.15, 0.2) is 11.0 Å². The molecule has 7 heteroatoms. The minimum absolute atomic E-state index is 0.648. The Labute approximate surface area is 178 Å². The van der Waals surface area contributed by atoms with Crippen molar-refractivity contribution in [2.24, 2.45) is 0 Å². The lowest BCUT2D eigenvalue weighted by Gasteiger charge is -2.13. The van der Waals surface area contributed by atoms with E-state index in [1.54, 1.807) is 24.2 Å². The van der Waals surface area contributed by atoms with Gasteiger partial charge >= 0.3 is 0 Å². The minimum atomic E-state index is 0.648. The maximum Gasteiger partial charge on any atom is 0.196 e. The number of hydrogen-bond donors (Lipinski definition) is 0. The molecule has 0 saturated carbocycles. The summed E-state index contributed by atoms with van der Waals surface area (Å²) in [6.07, 6.45) is 3.50. The topological polar surface area (TPSA) is 67.4 Å². The quantitative estimate of drug-likeness (QED) is 0.403. The Morgan fingerprint density at radius 2 is 1.93 bits per heavy atom. The van der Waals surface area contributed by atoms with Gasteiger partial charge < -0.3 is 0 Å². The molecule has 0 fully saturated rings. The van der Waals surface area contributed by atoms with E-state index in [9.17, 15) is 0 Å². The first-order chi connectivity index (χ1) is 14.2. The number of benzene rings is 2. The van der Waals surface area contributed by atoms with Crippen LogP contribution in [0.25, 0.3) is 17.1 Å². The van der Waals surface area contributed by atoms with E-state index in [0.29, 0.717) is 22.2 Å². The third-order valence-corrected chi connectivity index (χ3v) is 5.65. The second-order valence-electron chi connectivity index (χ2n) is 6.41. The zero-order valence-corrected chi connectivity index (χ0v) is 17.2. The fourth-order valence-electron chi connectivity index (χ4n) is 2.91. The number of halogens is 1. The molecular formula is C22H16ClN5S. The third kappa shape index (κ3) is 4.16. The van der Waals surface area contributed by atoms with Gasteiger partial charge in [-0.15, -0.1) is 10.2 Å². The number of nitrogens with zero attached hydrogens (tertiary/aromatic N) is 5. The van der Waals surface area contributed by atoms with E-state index >= 15 is 0 Å². The monoisotopic (exact) mass is 417 g/mol. The van der Waals surface area contributed by atoms with Crippen molar-refractivity contribution in [2.75, 3.05) is 0 Å². The van der Waals surface area contributed by atoms with E-state index in [4.69, 9.17) is 16.9 Å². The number of aromatic nitrogens is 4. The molecule has 142 valence electrons. The molecule has 2 heterocycles. The molecule has 0 radical (unpaired) electrons. The summed E-state index contributed by atoms with van der Waals surface area (Å²) in [6.45, 7) is 2.04. The van der Waals surface area contributed by atoms with Crippen molar-refractivity contribution in [1.29, 1.82) is 5.26 Å². The molecule has 0 amide bonds. The second kappa shape index (κ2) is 8.48. The number of thioether (sulfide) groups is 1. The van der Waals surface area contributed by atoms with Gasteiger partial charge in [-0.3, -0.25) is 9.55 Å². The van der Waals surface area contributed by atoms with Gasteiger partial charge in [-0.05, 0) is 54.4 Å². The molecule has 4 rings (SSSR count). The predicted molar refractivity (Wildman–Crippen MR) is 115 cm³/mol. The number of nitriles is 1. The van der Waals surface area contributed by atoms with Crippen LogP contribution in [0.1, 0.15) is 16.7 Å². The first-order valence-electron chi connectivity index (χ1n) is 8.90. The molecule has 0 aliphatic carbocycles. The van der Waals surface area contributed by atoms with Crippen molar-refractivity contribution in [3.8, 4) is 23.1 Å². The average Bonchev–Trinajstić information content (AvgIpc) is 3.18. The summed E-state index contributed by atoms with van der Waals surface area (Å²) in [4.78, 5) is 4.21. The highest BCUT2D eigenvalue weighted by Gasteiger charge is 2.18. The first-order valence-corrected chi connectivity index (χ1v) is 10.3. The highest BCUT2D eigenvalue weighted by atomic mass is 35.5. The average molecular weight is 418 g/mol. The van der Waals surface area contributed by atoms with Crippen LogP contribution >= 0.6 is 23.4 Å². The van der Waals surface area contributed by atoms with Crippen LogP contribution in [0.5, 0.6) is 0 Å². The van der Waals surface area contributed by atoms with Crippen molar-refractivity contribution >= 4 is 23.4 Å². The standard InChI is InChI=1S/C22H16ClN5S/c1-15-4-9-19(23)11-20(15)28-21(18-3-2-10-25-13-18)26-27-22(28)29-14-17-7-5-16(12-24)6-8-17/h2-11,13H,14H2,1H3. The van der Waals surface area contributed by atoms with Crippen LogP contribution in [0, 0.1) is 18.3 Å². The fourth-order valence-corrected chi connectivity index (χ4v) is 3.98. The van der Waals surface area contributed by atoms with Crippen molar-refractivity contribution < 1.29 is 0 Å². The summed E-state index contributed by atoms with van der Waals surface area (Å²) < 4.78 is 2.02. The minimum Gasteiger partial charge on any atom is -0.270 e. The molecule has 0 aliphatic heterocycles. The number of pyridine rings is 1. The molecule has 0 unspecified atom stereocenters. The van der Waals surface area contributed by atoms with Crippen LogP contribution in [0.2, 0.25) is 5.02 Å². The molecule has 0 bridgehead atoms. The molecule has 0 atom stereocenters. The molecular weight excluding hydrogens is 402 g/mol. The van der Waals surface area contributed by atoms with Gasteiger partial charge in [-0.1, -0.05) is 41.6 Å². The van der Waals surface area contributed by atoms with Crippen LogP contribution in [0.15, 0.2) is 72.1 Å². The molecule has 0 saturated heterocycles. The lowest BCUT2D eigenvalue weighted by molar-refractivity contribution is 0.880. The van der Waals surface area contributed by atoms with Gasteiger partial charge in [-0.2, -0.15) is 5.26 Å². The molecule has 5 nitrogen and oxygen atoms in total. The zero-order chi connectivity index (χ0) is 20.2. The van der Waals surface area contributed by atoms with Crippen LogP contribution < -0.4 is 0 Å². The van der Waals surface area contributed by atoms with Crippen LogP contribution in [0.3, 0.4) is 0 Å². The van der Waals surface area contributed by atoms with E-state index in [-0.39, 0.29) is 0 Å². The van der Waals surface area contributed by atoms with E-state index in [0.717, 1.165) is 27.5 Å². The molecule has 4 aromatic rings. The van der Waals surface area contributed by atoms with E-state index in [1.165, 1.54) is 0 Å². The Morgan fingerprint density at radius 1 is 1.10 bits per heavy atom. The van der Waals surface area contributed by atoms with Gasteiger partial charge in [0.05, 0.1) is 17.3 Å². The Hall–Kier alpha value is -3.14. The van der Waals surface area contributed by atoms with Gasteiger partial charge in [0.2, 0.25) is 0 Å². The smallest absolute Gasteiger partial charge is 0.196 e. The van der Waals surface area contributed by atoms with Gasteiger partial charge in [0.1, 0.15) is 0 Å². The van der Waals surface area contributed by atoms with Crippen molar-refractivity contribution in [3.63, 3.8) is 0 Å². The largest absolute Gasteiger partial charge is 0.270 e. The summed E-state index contributed by atoms with van der Waals surface area (Å²) in [5.74, 6) is 1.42. The van der Waals surface area contributed by atoms with E-state index < -0.39 is 0 Å². The molecule has 2 aromatic heterocycles. The number of rotatable bonds is 5. The van der Waals surface area contributed by atoms with Gasteiger partial charge in [0.25, 0.3) is 0 Å². The van der Waals surface area contributed by atoms with Crippen molar-refractivity contribution in [3.05, 3.63) is 88.7 Å². The maximum absolute atomic E-state index is 8.97. The normalized spacial score (nSPS) is 10.7. The van der Waals surface area contributed by atoms with Crippen LogP contribution in [-0.4, -0.2) is 19.7 Å². The van der Waals surface area contributed by atoms with Crippen molar-refractivity contribution in [2.45, 2.75) is 17.8 Å².